The third-order valence-electron chi connectivity index (χ3n) is 6.75. The van der Waals surface area contributed by atoms with Gasteiger partial charge in [-0.05, 0) is 57.7 Å². The molecular formula is C22H28ClN7O. The van der Waals surface area contributed by atoms with Crippen molar-refractivity contribution in [2.24, 2.45) is 5.41 Å². The Morgan fingerprint density at radius 2 is 1.84 bits per heavy atom. The van der Waals surface area contributed by atoms with E-state index in [1.165, 1.54) is 6.42 Å². The second-order valence-corrected chi connectivity index (χ2v) is 9.11. The molecule has 0 radical (unpaired) electrons. The SMILES string of the molecule is O=C1N(c2cncc(Nc3ncc(Cl)c(N4CCCCC4)n3)c2)CCC12CCNCC2. The number of halogens is 1. The molecule has 5 rings (SSSR count). The number of amides is 1. The molecule has 3 aliphatic heterocycles. The third-order valence-corrected chi connectivity index (χ3v) is 7.01. The maximum Gasteiger partial charge on any atom is 0.233 e. The van der Waals surface area contributed by atoms with Crippen LogP contribution in [0.4, 0.5) is 23.1 Å². The number of anilines is 4. The first-order valence-corrected chi connectivity index (χ1v) is 11.5. The molecule has 164 valence electrons. The summed E-state index contributed by atoms with van der Waals surface area (Å²) in [6.45, 7) is 4.48. The van der Waals surface area contributed by atoms with Gasteiger partial charge in [0.15, 0.2) is 5.82 Å². The zero-order valence-electron chi connectivity index (χ0n) is 17.6. The maximum atomic E-state index is 13.2. The summed E-state index contributed by atoms with van der Waals surface area (Å²) in [5.74, 6) is 1.47. The number of carbonyl (C=O) groups excluding carboxylic acids is 1. The van der Waals surface area contributed by atoms with E-state index < -0.39 is 0 Å². The predicted molar refractivity (Wildman–Crippen MR) is 122 cm³/mol. The molecule has 8 nitrogen and oxygen atoms in total. The molecule has 0 unspecified atom stereocenters. The molecule has 3 fully saturated rings. The fraction of sp³-hybridized carbons (Fsp3) is 0.545. The van der Waals surface area contributed by atoms with Crippen LogP contribution in [-0.2, 0) is 4.79 Å². The zero-order valence-corrected chi connectivity index (χ0v) is 18.4. The fourth-order valence-corrected chi connectivity index (χ4v) is 5.17. The van der Waals surface area contributed by atoms with Gasteiger partial charge in [-0.1, -0.05) is 11.6 Å². The number of carbonyl (C=O) groups is 1. The van der Waals surface area contributed by atoms with Crippen molar-refractivity contribution in [2.45, 2.75) is 38.5 Å². The largest absolute Gasteiger partial charge is 0.355 e. The quantitative estimate of drug-likeness (QED) is 0.752. The van der Waals surface area contributed by atoms with Gasteiger partial charge >= 0.3 is 0 Å². The standard InChI is InChI=1S/C22H28ClN7O/c23-18-15-26-21(28-19(18)29-9-2-1-3-10-29)27-16-12-17(14-25-13-16)30-11-6-22(20(30)31)4-7-24-8-5-22/h12-15,24H,1-11H2,(H,26,27,28). The Balaban J connectivity index is 1.34. The van der Waals surface area contributed by atoms with E-state index in [1.54, 1.807) is 18.6 Å². The van der Waals surface area contributed by atoms with Crippen LogP contribution in [0.5, 0.6) is 0 Å². The Morgan fingerprint density at radius 3 is 2.65 bits per heavy atom. The summed E-state index contributed by atoms with van der Waals surface area (Å²) in [5.41, 5.74) is 1.36. The highest BCUT2D eigenvalue weighted by atomic mass is 35.5. The molecule has 1 amide bonds. The number of hydrogen-bond donors (Lipinski definition) is 2. The van der Waals surface area contributed by atoms with Gasteiger partial charge in [-0.2, -0.15) is 4.98 Å². The van der Waals surface area contributed by atoms with Gasteiger partial charge < -0.3 is 20.4 Å². The molecule has 3 saturated heterocycles. The first-order valence-electron chi connectivity index (χ1n) is 11.2. The van der Waals surface area contributed by atoms with Gasteiger partial charge in [0.1, 0.15) is 5.02 Å². The molecule has 31 heavy (non-hydrogen) atoms. The molecule has 2 aromatic rings. The van der Waals surface area contributed by atoms with Crippen molar-refractivity contribution in [3.8, 4) is 0 Å². The lowest BCUT2D eigenvalue weighted by Crippen LogP contribution is -2.42. The second-order valence-electron chi connectivity index (χ2n) is 8.71. The lowest BCUT2D eigenvalue weighted by atomic mass is 9.78. The van der Waals surface area contributed by atoms with Gasteiger partial charge in [-0.3, -0.25) is 9.78 Å². The smallest absolute Gasteiger partial charge is 0.233 e. The summed E-state index contributed by atoms with van der Waals surface area (Å²) in [6, 6.07) is 1.95. The van der Waals surface area contributed by atoms with Gasteiger partial charge in [0.05, 0.1) is 35.4 Å². The highest BCUT2D eigenvalue weighted by Gasteiger charge is 2.47. The van der Waals surface area contributed by atoms with Crippen LogP contribution >= 0.6 is 11.6 Å². The molecule has 1 spiro atoms. The van der Waals surface area contributed by atoms with Crippen molar-refractivity contribution in [1.29, 1.82) is 0 Å². The van der Waals surface area contributed by atoms with E-state index in [0.717, 1.165) is 82.0 Å². The first-order chi connectivity index (χ1) is 15.1. The molecule has 0 aromatic carbocycles. The Hall–Kier alpha value is -2.45. The minimum Gasteiger partial charge on any atom is -0.355 e. The van der Waals surface area contributed by atoms with Crippen LogP contribution in [0.15, 0.2) is 24.7 Å². The summed E-state index contributed by atoms with van der Waals surface area (Å²) >= 11 is 6.38. The zero-order chi connectivity index (χ0) is 21.3. The highest BCUT2D eigenvalue weighted by molar-refractivity contribution is 6.32. The van der Waals surface area contributed by atoms with Crippen LogP contribution < -0.4 is 20.4 Å². The molecule has 0 saturated carbocycles. The summed E-state index contributed by atoms with van der Waals surface area (Å²) in [5, 5.41) is 7.17. The average Bonchev–Trinajstić information content (AvgIpc) is 3.12. The number of nitrogens with zero attached hydrogens (tertiary/aromatic N) is 5. The second kappa shape index (κ2) is 8.59. The van der Waals surface area contributed by atoms with Crippen molar-refractivity contribution < 1.29 is 4.79 Å². The van der Waals surface area contributed by atoms with Crippen molar-refractivity contribution in [3.05, 3.63) is 29.7 Å². The van der Waals surface area contributed by atoms with Crippen molar-refractivity contribution in [1.82, 2.24) is 20.3 Å². The molecule has 2 N–H and O–H groups in total. The van der Waals surface area contributed by atoms with Crippen molar-refractivity contribution in [2.75, 3.05) is 47.8 Å². The Bertz CT molecular complexity index is 957. The first kappa shape index (κ1) is 20.5. The summed E-state index contributed by atoms with van der Waals surface area (Å²) in [6.07, 6.45) is 11.4. The minimum absolute atomic E-state index is 0.211. The summed E-state index contributed by atoms with van der Waals surface area (Å²) < 4.78 is 0. The number of rotatable bonds is 4. The Labute approximate surface area is 187 Å². The molecular weight excluding hydrogens is 414 g/mol. The number of aromatic nitrogens is 3. The third kappa shape index (κ3) is 4.06. The molecule has 0 aliphatic carbocycles. The summed E-state index contributed by atoms with van der Waals surface area (Å²) in [7, 11) is 0. The van der Waals surface area contributed by atoms with Gasteiger partial charge in [-0.25, -0.2) is 4.98 Å². The van der Waals surface area contributed by atoms with Crippen molar-refractivity contribution >= 4 is 40.6 Å². The van der Waals surface area contributed by atoms with Crippen LogP contribution in [0, 0.1) is 5.41 Å². The van der Waals surface area contributed by atoms with Crippen LogP contribution in [0.2, 0.25) is 5.02 Å². The molecule has 0 bridgehead atoms. The topological polar surface area (TPSA) is 86.3 Å². The van der Waals surface area contributed by atoms with E-state index >= 15 is 0 Å². The average molecular weight is 442 g/mol. The van der Waals surface area contributed by atoms with E-state index in [0.29, 0.717) is 11.0 Å². The monoisotopic (exact) mass is 441 g/mol. The van der Waals surface area contributed by atoms with Crippen molar-refractivity contribution in [3.63, 3.8) is 0 Å². The number of nitrogens with one attached hydrogen (secondary N) is 2. The van der Waals surface area contributed by atoms with Crippen LogP contribution in [0.25, 0.3) is 0 Å². The number of pyridine rings is 1. The van der Waals surface area contributed by atoms with Gasteiger partial charge in [-0.15, -0.1) is 0 Å². The molecule has 9 heteroatoms. The van der Waals surface area contributed by atoms with E-state index in [4.69, 9.17) is 11.6 Å². The van der Waals surface area contributed by atoms with Crippen LogP contribution in [0.3, 0.4) is 0 Å². The van der Waals surface area contributed by atoms with E-state index in [1.807, 2.05) is 11.0 Å². The number of hydrogen-bond acceptors (Lipinski definition) is 7. The van der Waals surface area contributed by atoms with Gasteiger partial charge in [0.2, 0.25) is 11.9 Å². The van der Waals surface area contributed by atoms with E-state index in [2.05, 4.69) is 30.5 Å². The molecule has 0 atom stereocenters. The Morgan fingerprint density at radius 1 is 1.03 bits per heavy atom. The van der Waals surface area contributed by atoms with Crippen LogP contribution in [-0.4, -0.2) is 53.6 Å². The van der Waals surface area contributed by atoms with Gasteiger partial charge in [0.25, 0.3) is 0 Å². The van der Waals surface area contributed by atoms with Crippen LogP contribution in [0.1, 0.15) is 38.5 Å². The highest BCUT2D eigenvalue weighted by Crippen LogP contribution is 2.42. The van der Waals surface area contributed by atoms with E-state index in [-0.39, 0.29) is 11.3 Å². The summed E-state index contributed by atoms with van der Waals surface area (Å²) in [4.78, 5) is 30.7. The lowest BCUT2D eigenvalue weighted by molar-refractivity contribution is -0.126. The molecule has 3 aliphatic rings. The minimum atomic E-state index is -0.211. The normalized spacial score (nSPS) is 21.0. The molecule has 5 heterocycles. The Kier molecular flexibility index (Phi) is 5.67. The number of piperidine rings is 2. The molecule has 2 aromatic heterocycles. The maximum absolute atomic E-state index is 13.2. The van der Waals surface area contributed by atoms with E-state index in [9.17, 15) is 4.79 Å². The lowest BCUT2D eigenvalue weighted by Gasteiger charge is -2.32. The fourth-order valence-electron chi connectivity index (χ4n) is 4.95. The van der Waals surface area contributed by atoms with Gasteiger partial charge in [0, 0.05) is 19.6 Å². The predicted octanol–water partition coefficient (Wildman–Crippen LogP) is 3.37.